The maximum Gasteiger partial charge on any atom is 0.344 e. The molecule has 1 aliphatic heterocycles. The van der Waals surface area contributed by atoms with Gasteiger partial charge in [-0.05, 0) is 13.7 Å². The van der Waals surface area contributed by atoms with Crippen molar-refractivity contribution in [2.45, 2.75) is 25.3 Å². The van der Waals surface area contributed by atoms with Crippen LogP contribution in [0, 0.1) is 0 Å². The molecule has 1 aromatic rings. The van der Waals surface area contributed by atoms with Gasteiger partial charge in [-0.3, -0.25) is 14.4 Å². The molecule has 1 atom stereocenters. The number of nitrogen functional groups attached to an aromatic ring is 1. The minimum Gasteiger partial charge on any atom is -0.479 e. The van der Waals surface area contributed by atoms with Crippen molar-refractivity contribution in [1.29, 1.82) is 0 Å². The Kier molecular flexibility index (Phi) is 3.30. The van der Waals surface area contributed by atoms with Gasteiger partial charge in [0.15, 0.2) is 10.8 Å². The summed E-state index contributed by atoms with van der Waals surface area (Å²) in [4.78, 5) is 48.8. The van der Waals surface area contributed by atoms with Crippen LogP contribution in [0.25, 0.3) is 0 Å². The molecule has 0 aromatic carbocycles. The van der Waals surface area contributed by atoms with Crippen LogP contribution in [0.2, 0.25) is 0 Å². The van der Waals surface area contributed by atoms with Crippen LogP contribution in [0.4, 0.5) is 5.13 Å². The molecular weight excluding hydrogens is 354 g/mol. The molecule has 1 aromatic heterocycles. The van der Waals surface area contributed by atoms with Crippen molar-refractivity contribution in [3.05, 3.63) is 11.1 Å². The van der Waals surface area contributed by atoms with Gasteiger partial charge in [-0.1, -0.05) is 5.16 Å². The van der Waals surface area contributed by atoms with E-state index in [0.29, 0.717) is 0 Å². The Labute approximate surface area is 154 Å². The lowest BCUT2D eigenvalue weighted by atomic mass is 9.84. The third-order valence-electron chi connectivity index (χ3n) is 2.97. The first kappa shape index (κ1) is 11.8. The topological polar surface area (TPSA) is 156 Å². The van der Waals surface area contributed by atoms with Crippen LogP contribution in [-0.4, -0.2) is 63.9 Å². The molecule has 0 spiro atoms. The number of aliphatic carboxylic acids is 1. The minimum atomic E-state index is -3.30. The number of oxime groups is 1. The fourth-order valence-corrected chi connectivity index (χ4v) is 2.42. The van der Waals surface area contributed by atoms with Crippen molar-refractivity contribution in [3.8, 4) is 0 Å². The number of aromatic nitrogens is 1. The zero-order chi connectivity index (χ0) is 23.8. The average Bonchev–Trinajstić information content (AvgIpc) is 3.03. The average molecular weight is 377 g/mol. The van der Waals surface area contributed by atoms with Gasteiger partial charge in [0.1, 0.15) is 11.7 Å². The van der Waals surface area contributed by atoms with E-state index in [4.69, 9.17) is 19.1 Å². The summed E-state index contributed by atoms with van der Waals surface area (Å²) < 4.78 is 46.3. The summed E-state index contributed by atoms with van der Waals surface area (Å²) >= 11 is 0.900. The molecule has 11 nitrogen and oxygen atoms in total. The zero-order valence-corrected chi connectivity index (χ0v) is 13.5. The normalized spacial score (nSPS) is 23.9. The Morgan fingerprint density at radius 1 is 1.64 bits per heavy atom. The highest BCUT2D eigenvalue weighted by molar-refractivity contribution is 7.13. The molecule has 12 heteroatoms. The van der Waals surface area contributed by atoms with E-state index in [-0.39, 0.29) is 15.9 Å². The van der Waals surface area contributed by atoms with Gasteiger partial charge in [0, 0.05) is 13.6 Å². The lowest BCUT2D eigenvalue weighted by Gasteiger charge is -2.51. The van der Waals surface area contributed by atoms with Crippen LogP contribution < -0.4 is 11.1 Å². The molecule has 0 saturated carbocycles. The predicted molar refractivity (Wildman–Crippen MR) is 86.5 cm³/mol. The summed E-state index contributed by atoms with van der Waals surface area (Å²) in [5.41, 5.74) is 1.79. The maximum absolute atomic E-state index is 12.8. The molecule has 2 heterocycles. The predicted octanol–water partition coefficient (Wildman–Crippen LogP) is -0.802. The largest absolute Gasteiger partial charge is 0.479 e. The fourth-order valence-electron chi connectivity index (χ4n) is 1.87. The number of carboxylic acids is 1. The third kappa shape index (κ3) is 3.69. The summed E-state index contributed by atoms with van der Waals surface area (Å²) in [5.74, 6) is -3.79. The number of amides is 2. The summed E-state index contributed by atoms with van der Waals surface area (Å²) in [7, 11) is 0.910. The Morgan fingerprint density at radius 3 is 2.88 bits per heavy atom. The van der Waals surface area contributed by atoms with E-state index in [1.165, 1.54) is 5.38 Å². The number of anilines is 1. The van der Waals surface area contributed by atoms with E-state index in [2.05, 4.69) is 19.8 Å². The number of carbonyl (C=O) groups is 3. The Hall–Kier alpha value is -2.73. The lowest BCUT2D eigenvalue weighted by Crippen LogP contribution is -2.76. The molecule has 25 heavy (non-hydrogen) atoms. The maximum atomic E-state index is 12.8. The highest BCUT2D eigenvalue weighted by Crippen LogP contribution is 2.31. The first-order valence-electron chi connectivity index (χ1n) is 9.50. The number of β-lactam (4-membered cyclic amide) rings is 1. The van der Waals surface area contributed by atoms with E-state index in [0.717, 1.165) is 18.4 Å². The smallest absolute Gasteiger partial charge is 0.344 e. The van der Waals surface area contributed by atoms with Gasteiger partial charge in [0.2, 0.25) is 6.61 Å². The summed E-state index contributed by atoms with van der Waals surface area (Å²) in [6.45, 7) is -7.53. The van der Waals surface area contributed by atoms with Crippen LogP contribution in [-0.2, 0) is 24.1 Å². The third-order valence-corrected chi connectivity index (χ3v) is 3.64. The molecule has 1 fully saturated rings. The monoisotopic (exact) mass is 377 g/mol. The van der Waals surface area contributed by atoms with Crippen LogP contribution in [0.5, 0.6) is 0 Å². The molecule has 1 saturated heterocycles. The van der Waals surface area contributed by atoms with E-state index < -0.39 is 55.4 Å². The van der Waals surface area contributed by atoms with Crippen molar-refractivity contribution in [1.82, 2.24) is 15.4 Å². The fraction of sp³-hybridized carbons (Fsp3) is 0.462. The van der Waals surface area contributed by atoms with Gasteiger partial charge >= 0.3 is 5.97 Å². The molecule has 2 amide bonds. The first-order chi connectivity index (χ1) is 14.2. The van der Waals surface area contributed by atoms with Crippen LogP contribution in [0.15, 0.2) is 10.5 Å². The van der Waals surface area contributed by atoms with Crippen LogP contribution >= 0.6 is 11.3 Å². The molecule has 2 rings (SSSR count). The van der Waals surface area contributed by atoms with Gasteiger partial charge in [-0.15, -0.1) is 11.3 Å². The number of thiazole rings is 1. The van der Waals surface area contributed by atoms with Gasteiger partial charge in [-0.2, -0.15) is 0 Å². The van der Waals surface area contributed by atoms with Crippen LogP contribution in [0.1, 0.15) is 27.6 Å². The number of nitrogens with one attached hydrogen (secondary N) is 1. The van der Waals surface area contributed by atoms with Crippen molar-refractivity contribution >= 4 is 40.0 Å². The Morgan fingerprint density at radius 2 is 2.36 bits per heavy atom. The lowest BCUT2D eigenvalue weighted by molar-refractivity contribution is -0.245. The second-order valence-corrected chi connectivity index (χ2v) is 5.56. The van der Waals surface area contributed by atoms with Crippen molar-refractivity contribution in [3.63, 3.8) is 0 Å². The highest BCUT2D eigenvalue weighted by Gasteiger charge is 2.56. The second-order valence-electron chi connectivity index (χ2n) is 4.67. The number of hydroxylamine groups is 2. The quantitative estimate of drug-likeness (QED) is 0.317. The van der Waals surface area contributed by atoms with E-state index in [1.807, 2.05) is 5.32 Å². The van der Waals surface area contributed by atoms with Crippen molar-refractivity contribution in [2.24, 2.45) is 5.16 Å². The summed E-state index contributed by atoms with van der Waals surface area (Å²) in [6.07, 6.45) is 0. The number of nitrogens with two attached hydrogens (primary N) is 1. The first-order valence-corrected chi connectivity index (χ1v) is 7.38. The summed E-state index contributed by atoms with van der Waals surface area (Å²) in [5, 5.41) is 15.5. The van der Waals surface area contributed by atoms with E-state index in [1.54, 1.807) is 0 Å². The SMILES string of the molecule is [2H]C([2H])([2H])C1(C([2H])([2H])[2H])[C@H](NC(=O)/C(=N\OCC(=O)O)c2csc(N)n2)C(=O)N1OC. The molecule has 0 radical (unpaired) electrons. The van der Waals surface area contributed by atoms with E-state index in [9.17, 15) is 14.4 Å². The molecule has 4 N–H and O–H groups in total. The molecule has 0 bridgehead atoms. The number of carboxylic acid groups (broad SMARTS) is 1. The zero-order valence-electron chi connectivity index (χ0n) is 18.7. The molecule has 1 aliphatic rings. The van der Waals surface area contributed by atoms with Gasteiger partial charge in [0.25, 0.3) is 11.8 Å². The molecule has 0 aliphatic carbocycles. The van der Waals surface area contributed by atoms with Crippen LogP contribution in [0.3, 0.4) is 0 Å². The standard InChI is InChI=1S/C13H17N5O6S/c1-13(2)9(11(22)18(13)23-3)16-10(21)8(17-24-4-7(19)20)6-5-25-12(14)15-6/h5,9H,4H2,1-3H3,(H2,14,15)(H,16,21)(H,19,20)/b17-8-/t9-/m1/s1/i1D3,2D3. The van der Waals surface area contributed by atoms with Crippen molar-refractivity contribution < 1.29 is 37.4 Å². The van der Waals surface area contributed by atoms with Gasteiger partial charge in [0.05, 0.1) is 12.6 Å². The number of rotatable bonds is 7. The van der Waals surface area contributed by atoms with Gasteiger partial charge < -0.3 is 21.0 Å². The number of hydrogen-bond acceptors (Lipinski definition) is 9. The van der Waals surface area contributed by atoms with Crippen molar-refractivity contribution in [2.75, 3.05) is 19.5 Å². The second kappa shape index (κ2) is 7.03. The molecule has 136 valence electrons. The minimum absolute atomic E-state index is 0.0124. The van der Waals surface area contributed by atoms with E-state index >= 15 is 0 Å². The number of carbonyl (C=O) groups excluding carboxylic acids is 2. The molecule has 0 unspecified atom stereocenters. The summed E-state index contributed by atoms with van der Waals surface area (Å²) in [6, 6.07) is -2.05. The highest BCUT2D eigenvalue weighted by atomic mass is 32.1. The Balaban J connectivity index is 2.45. The van der Waals surface area contributed by atoms with Gasteiger partial charge in [-0.25, -0.2) is 14.8 Å². The number of hydrogen-bond donors (Lipinski definition) is 3. The number of nitrogens with zero attached hydrogens (tertiary/aromatic N) is 3. The Bertz CT molecular complexity index is 901. The molecular formula is C13H17N5O6S.